The van der Waals surface area contributed by atoms with Gasteiger partial charge in [-0.3, -0.25) is 0 Å². The number of furan rings is 1. The number of hydrogen-bond acceptors (Lipinski definition) is 2. The van der Waals surface area contributed by atoms with Crippen molar-refractivity contribution in [3.8, 4) is 0 Å². The van der Waals surface area contributed by atoms with Gasteiger partial charge < -0.3 is 9.73 Å². The fraction of sp³-hybridized carbons (Fsp3) is 0.714. The van der Waals surface area contributed by atoms with E-state index in [1.165, 1.54) is 31.2 Å². The SMILES string of the molecule is CC(NC1CCC(C)(C)CC1)c1ccoc1. The molecule has 0 aliphatic heterocycles. The monoisotopic (exact) mass is 221 g/mol. The Morgan fingerprint density at radius 3 is 2.62 bits per heavy atom. The summed E-state index contributed by atoms with van der Waals surface area (Å²) in [6, 6.07) is 3.13. The fourth-order valence-corrected chi connectivity index (χ4v) is 2.54. The molecule has 0 bridgehead atoms. The molecule has 0 amide bonds. The van der Waals surface area contributed by atoms with E-state index in [1.54, 1.807) is 6.26 Å². The zero-order chi connectivity index (χ0) is 11.6. The van der Waals surface area contributed by atoms with Crippen LogP contribution in [0.3, 0.4) is 0 Å². The largest absolute Gasteiger partial charge is 0.472 e. The van der Waals surface area contributed by atoms with E-state index in [0.29, 0.717) is 17.5 Å². The van der Waals surface area contributed by atoms with Crippen LogP contribution >= 0.6 is 0 Å². The van der Waals surface area contributed by atoms with Crippen molar-refractivity contribution >= 4 is 0 Å². The van der Waals surface area contributed by atoms with Crippen LogP contribution in [0.5, 0.6) is 0 Å². The van der Waals surface area contributed by atoms with Gasteiger partial charge in [-0.05, 0) is 44.1 Å². The predicted octanol–water partition coefficient (Wildman–Crippen LogP) is 3.90. The zero-order valence-electron chi connectivity index (χ0n) is 10.6. The summed E-state index contributed by atoms with van der Waals surface area (Å²) in [5.41, 5.74) is 1.81. The fourth-order valence-electron chi connectivity index (χ4n) is 2.54. The number of rotatable bonds is 3. The molecule has 1 aliphatic rings. The van der Waals surface area contributed by atoms with Crippen molar-refractivity contribution in [2.45, 2.75) is 58.5 Å². The van der Waals surface area contributed by atoms with Crippen molar-refractivity contribution < 1.29 is 4.42 Å². The highest BCUT2D eigenvalue weighted by atomic mass is 16.3. The Hall–Kier alpha value is -0.760. The molecule has 1 heterocycles. The minimum absolute atomic E-state index is 0.407. The van der Waals surface area contributed by atoms with Crippen molar-refractivity contribution in [1.29, 1.82) is 0 Å². The van der Waals surface area contributed by atoms with Crippen LogP contribution in [-0.2, 0) is 0 Å². The molecule has 1 N–H and O–H groups in total. The zero-order valence-corrected chi connectivity index (χ0v) is 10.6. The summed E-state index contributed by atoms with van der Waals surface area (Å²) in [6.07, 6.45) is 8.86. The summed E-state index contributed by atoms with van der Waals surface area (Å²) in [7, 11) is 0. The van der Waals surface area contributed by atoms with Crippen LogP contribution < -0.4 is 5.32 Å². The third-order valence-corrected chi connectivity index (χ3v) is 3.87. The van der Waals surface area contributed by atoms with Crippen LogP contribution in [0.25, 0.3) is 0 Å². The van der Waals surface area contributed by atoms with Gasteiger partial charge in [0.2, 0.25) is 0 Å². The molecule has 90 valence electrons. The van der Waals surface area contributed by atoms with Crippen LogP contribution in [0.2, 0.25) is 0 Å². The number of nitrogens with one attached hydrogen (secondary N) is 1. The van der Waals surface area contributed by atoms with Gasteiger partial charge in [-0.15, -0.1) is 0 Å². The van der Waals surface area contributed by atoms with Gasteiger partial charge in [0.25, 0.3) is 0 Å². The highest BCUT2D eigenvalue weighted by Gasteiger charge is 2.27. The molecule has 0 saturated heterocycles. The van der Waals surface area contributed by atoms with Gasteiger partial charge in [-0.25, -0.2) is 0 Å². The first-order chi connectivity index (χ1) is 7.57. The maximum atomic E-state index is 5.12. The average Bonchev–Trinajstić information content (AvgIpc) is 2.74. The molecule has 0 spiro atoms. The summed E-state index contributed by atoms with van der Waals surface area (Å²) >= 11 is 0. The molecule has 0 aromatic carbocycles. The lowest BCUT2D eigenvalue weighted by Gasteiger charge is -2.35. The summed E-state index contributed by atoms with van der Waals surface area (Å²) in [4.78, 5) is 0. The molecule has 1 fully saturated rings. The van der Waals surface area contributed by atoms with Crippen molar-refractivity contribution in [2.75, 3.05) is 0 Å². The van der Waals surface area contributed by atoms with Crippen LogP contribution in [-0.4, -0.2) is 6.04 Å². The lowest BCUT2D eigenvalue weighted by atomic mass is 9.75. The van der Waals surface area contributed by atoms with E-state index in [-0.39, 0.29) is 0 Å². The molecule has 0 radical (unpaired) electrons. The van der Waals surface area contributed by atoms with Crippen LogP contribution in [0.1, 0.15) is 58.1 Å². The molecule has 1 atom stereocenters. The Balaban J connectivity index is 1.83. The van der Waals surface area contributed by atoms with Crippen molar-refractivity contribution in [3.63, 3.8) is 0 Å². The molecule has 1 unspecified atom stereocenters. The Morgan fingerprint density at radius 2 is 2.06 bits per heavy atom. The molecule has 2 nitrogen and oxygen atoms in total. The van der Waals surface area contributed by atoms with Crippen molar-refractivity contribution in [3.05, 3.63) is 24.2 Å². The molecular weight excluding hydrogens is 198 g/mol. The predicted molar refractivity (Wildman–Crippen MR) is 66.3 cm³/mol. The highest BCUT2D eigenvalue weighted by Crippen LogP contribution is 2.35. The van der Waals surface area contributed by atoms with E-state index >= 15 is 0 Å². The van der Waals surface area contributed by atoms with E-state index in [0.717, 1.165) is 0 Å². The van der Waals surface area contributed by atoms with E-state index < -0.39 is 0 Å². The summed E-state index contributed by atoms with van der Waals surface area (Å²) < 4.78 is 5.12. The van der Waals surface area contributed by atoms with E-state index in [9.17, 15) is 0 Å². The van der Waals surface area contributed by atoms with Crippen LogP contribution in [0.15, 0.2) is 23.0 Å². The lowest BCUT2D eigenvalue weighted by Crippen LogP contribution is -2.36. The van der Waals surface area contributed by atoms with Gasteiger partial charge in [0.05, 0.1) is 12.5 Å². The lowest BCUT2D eigenvalue weighted by molar-refractivity contribution is 0.200. The topological polar surface area (TPSA) is 25.2 Å². The second kappa shape index (κ2) is 4.62. The van der Waals surface area contributed by atoms with E-state index in [2.05, 4.69) is 26.1 Å². The minimum atomic E-state index is 0.407. The van der Waals surface area contributed by atoms with Crippen LogP contribution in [0.4, 0.5) is 0 Å². The van der Waals surface area contributed by atoms with Gasteiger partial charge >= 0.3 is 0 Å². The molecule has 1 aromatic heterocycles. The Bertz CT molecular complexity index is 305. The summed E-state index contributed by atoms with van der Waals surface area (Å²) in [5.74, 6) is 0. The molecule has 1 saturated carbocycles. The van der Waals surface area contributed by atoms with Gasteiger partial charge in [-0.1, -0.05) is 13.8 Å². The third-order valence-electron chi connectivity index (χ3n) is 3.87. The first kappa shape index (κ1) is 11.7. The smallest absolute Gasteiger partial charge is 0.0950 e. The second-order valence-electron chi connectivity index (χ2n) is 5.88. The minimum Gasteiger partial charge on any atom is -0.472 e. The first-order valence-electron chi connectivity index (χ1n) is 6.35. The highest BCUT2D eigenvalue weighted by molar-refractivity contribution is 5.10. The summed E-state index contributed by atoms with van der Waals surface area (Å²) in [5, 5.41) is 3.70. The molecule has 1 aromatic rings. The normalized spacial score (nSPS) is 23.2. The average molecular weight is 221 g/mol. The van der Waals surface area contributed by atoms with Gasteiger partial charge in [-0.2, -0.15) is 0 Å². The molecular formula is C14H23NO. The molecule has 2 heteroatoms. The van der Waals surface area contributed by atoms with Crippen molar-refractivity contribution in [1.82, 2.24) is 5.32 Å². The number of hydrogen-bond donors (Lipinski definition) is 1. The van der Waals surface area contributed by atoms with E-state index in [1.807, 2.05) is 12.3 Å². The third kappa shape index (κ3) is 2.88. The second-order valence-corrected chi connectivity index (χ2v) is 5.88. The maximum Gasteiger partial charge on any atom is 0.0950 e. The molecule has 16 heavy (non-hydrogen) atoms. The molecule has 1 aliphatic carbocycles. The quantitative estimate of drug-likeness (QED) is 0.837. The standard InChI is InChI=1S/C14H23NO/c1-11(12-6-9-16-10-12)15-13-4-7-14(2,3)8-5-13/h6,9-11,13,15H,4-5,7-8H2,1-3H3. The van der Waals surface area contributed by atoms with E-state index in [4.69, 9.17) is 4.42 Å². The van der Waals surface area contributed by atoms with Gasteiger partial charge in [0.1, 0.15) is 0 Å². The Kier molecular flexibility index (Phi) is 3.38. The molecule has 2 rings (SSSR count). The first-order valence-corrected chi connectivity index (χ1v) is 6.35. The van der Waals surface area contributed by atoms with Crippen LogP contribution in [0, 0.1) is 5.41 Å². The summed E-state index contributed by atoms with van der Waals surface area (Å²) in [6.45, 7) is 6.97. The Morgan fingerprint density at radius 1 is 1.38 bits per heavy atom. The van der Waals surface area contributed by atoms with Crippen molar-refractivity contribution in [2.24, 2.45) is 5.41 Å². The Labute approximate surface area is 98.4 Å². The maximum absolute atomic E-state index is 5.12. The van der Waals surface area contributed by atoms with Gasteiger partial charge in [0, 0.05) is 17.6 Å². The van der Waals surface area contributed by atoms with Gasteiger partial charge in [0.15, 0.2) is 0 Å².